The van der Waals surface area contributed by atoms with Crippen LogP contribution in [-0.2, 0) is 6.54 Å². The molecule has 3 heteroatoms. The Labute approximate surface area is 88.0 Å². The number of rotatable bonds is 2. The Morgan fingerprint density at radius 1 is 1.43 bits per heavy atom. The third-order valence-electron chi connectivity index (χ3n) is 2.33. The van der Waals surface area contributed by atoms with Crippen molar-refractivity contribution in [1.29, 1.82) is 0 Å². The Kier molecular flexibility index (Phi) is 2.42. The molecule has 0 fully saturated rings. The molecular weight excluding hydrogens is 192 g/mol. The van der Waals surface area contributed by atoms with Gasteiger partial charge in [0.1, 0.15) is 5.52 Å². The number of nitrogens with zero attached hydrogens (tertiary/aromatic N) is 1. The predicted molar refractivity (Wildman–Crippen MR) is 61.5 cm³/mol. The lowest BCUT2D eigenvalue weighted by Crippen LogP contribution is -2.34. The maximum atomic E-state index is 5.97. The first-order valence-electron chi connectivity index (χ1n) is 4.91. The molecule has 1 aromatic carbocycles. The van der Waals surface area contributed by atoms with E-state index in [0.717, 1.165) is 18.1 Å². The van der Waals surface area contributed by atoms with Gasteiger partial charge in [0.15, 0.2) is 0 Å². The highest BCUT2D eigenvalue weighted by Gasteiger charge is 2.13. The van der Waals surface area contributed by atoms with Gasteiger partial charge in [-0.1, -0.05) is 13.0 Å². The van der Waals surface area contributed by atoms with Crippen LogP contribution in [0.4, 0.5) is 5.13 Å². The SMILES string of the molecule is CCC[n+]1c(N)sc2cc(C)ccc21. The number of fused-ring (bicyclic) bond motifs is 1. The van der Waals surface area contributed by atoms with Crippen molar-refractivity contribution in [3.63, 3.8) is 0 Å². The van der Waals surface area contributed by atoms with Crippen molar-refractivity contribution in [3.05, 3.63) is 23.8 Å². The van der Waals surface area contributed by atoms with Crippen LogP contribution in [0.1, 0.15) is 18.9 Å². The van der Waals surface area contributed by atoms with E-state index < -0.39 is 0 Å². The summed E-state index contributed by atoms with van der Waals surface area (Å²) in [6.07, 6.45) is 1.12. The van der Waals surface area contributed by atoms with Gasteiger partial charge in [0.05, 0.1) is 11.2 Å². The van der Waals surface area contributed by atoms with Crippen molar-refractivity contribution in [2.45, 2.75) is 26.8 Å². The molecule has 2 aromatic rings. The fraction of sp³-hybridized carbons (Fsp3) is 0.364. The zero-order valence-electron chi connectivity index (χ0n) is 8.58. The summed E-state index contributed by atoms with van der Waals surface area (Å²) in [6.45, 7) is 5.29. The number of nitrogen functional groups attached to an aromatic ring is 1. The first-order chi connectivity index (χ1) is 6.72. The zero-order valence-corrected chi connectivity index (χ0v) is 9.40. The molecule has 0 radical (unpaired) electrons. The molecule has 2 rings (SSSR count). The molecule has 1 aromatic heterocycles. The first kappa shape index (κ1) is 9.46. The monoisotopic (exact) mass is 207 g/mol. The van der Waals surface area contributed by atoms with Gasteiger partial charge >= 0.3 is 5.13 Å². The van der Waals surface area contributed by atoms with E-state index >= 15 is 0 Å². The van der Waals surface area contributed by atoms with E-state index in [-0.39, 0.29) is 0 Å². The molecule has 0 saturated carbocycles. The van der Waals surface area contributed by atoms with Gasteiger partial charge in [0.2, 0.25) is 0 Å². The molecule has 1 heterocycles. The summed E-state index contributed by atoms with van der Waals surface area (Å²) in [4.78, 5) is 0. The molecule has 0 aliphatic carbocycles. The van der Waals surface area contributed by atoms with E-state index in [1.54, 1.807) is 11.3 Å². The van der Waals surface area contributed by atoms with Crippen LogP contribution in [0.25, 0.3) is 10.2 Å². The van der Waals surface area contributed by atoms with Crippen molar-refractivity contribution >= 4 is 26.7 Å². The van der Waals surface area contributed by atoms with Gasteiger partial charge in [-0.3, -0.25) is 5.73 Å². The summed E-state index contributed by atoms with van der Waals surface area (Å²) >= 11 is 1.67. The fourth-order valence-electron chi connectivity index (χ4n) is 1.67. The average molecular weight is 207 g/mol. The standard InChI is InChI=1S/C11H14N2S/c1-3-6-13-9-5-4-8(2)7-10(9)14-11(13)12/h4-5,7,12H,3,6H2,1-2H3/p+1. The largest absolute Gasteiger partial charge is 0.332 e. The number of hydrogen-bond donors (Lipinski definition) is 1. The summed E-state index contributed by atoms with van der Waals surface area (Å²) in [7, 11) is 0. The van der Waals surface area contributed by atoms with Crippen LogP contribution in [-0.4, -0.2) is 0 Å². The lowest BCUT2D eigenvalue weighted by molar-refractivity contribution is -0.653. The predicted octanol–water partition coefficient (Wildman–Crippen LogP) is 2.49. The quantitative estimate of drug-likeness (QED) is 0.753. The second kappa shape index (κ2) is 3.58. The van der Waals surface area contributed by atoms with E-state index in [2.05, 4.69) is 36.6 Å². The number of benzene rings is 1. The molecule has 0 atom stereocenters. The average Bonchev–Trinajstić information content (AvgIpc) is 2.43. The van der Waals surface area contributed by atoms with Crippen LogP contribution in [0.3, 0.4) is 0 Å². The van der Waals surface area contributed by atoms with Crippen molar-refractivity contribution in [3.8, 4) is 0 Å². The molecule has 0 aliphatic rings. The highest BCUT2D eigenvalue weighted by molar-refractivity contribution is 7.21. The Hall–Kier alpha value is -1.09. The summed E-state index contributed by atoms with van der Waals surface area (Å²) in [5, 5.41) is 0.910. The summed E-state index contributed by atoms with van der Waals surface area (Å²) in [6, 6.07) is 6.50. The Morgan fingerprint density at radius 2 is 2.21 bits per heavy atom. The lowest BCUT2D eigenvalue weighted by atomic mass is 10.2. The Bertz CT molecular complexity index is 460. The molecule has 0 amide bonds. The topological polar surface area (TPSA) is 29.9 Å². The summed E-state index contributed by atoms with van der Waals surface area (Å²) in [5.41, 5.74) is 8.53. The summed E-state index contributed by atoms with van der Waals surface area (Å²) < 4.78 is 3.48. The molecule has 74 valence electrons. The second-order valence-electron chi connectivity index (χ2n) is 3.56. The van der Waals surface area contributed by atoms with Gasteiger partial charge in [-0.2, -0.15) is 0 Å². The van der Waals surface area contributed by atoms with Crippen LogP contribution in [0.15, 0.2) is 18.2 Å². The number of hydrogen-bond acceptors (Lipinski definition) is 2. The molecular formula is C11H15N2S+. The van der Waals surface area contributed by atoms with E-state index in [1.165, 1.54) is 15.8 Å². The van der Waals surface area contributed by atoms with Crippen molar-refractivity contribution in [1.82, 2.24) is 0 Å². The number of aryl methyl sites for hydroxylation is 2. The van der Waals surface area contributed by atoms with Crippen LogP contribution in [0.2, 0.25) is 0 Å². The molecule has 2 nitrogen and oxygen atoms in total. The minimum absolute atomic E-state index is 0.910. The minimum atomic E-state index is 0.910. The van der Waals surface area contributed by atoms with Gasteiger partial charge < -0.3 is 0 Å². The smallest absolute Gasteiger partial charge is 0.278 e. The van der Waals surface area contributed by atoms with Gasteiger partial charge in [0, 0.05) is 0 Å². The fourth-order valence-corrected chi connectivity index (χ4v) is 2.72. The van der Waals surface area contributed by atoms with Crippen LogP contribution in [0, 0.1) is 6.92 Å². The zero-order chi connectivity index (χ0) is 10.1. The minimum Gasteiger partial charge on any atom is -0.278 e. The first-order valence-corrected chi connectivity index (χ1v) is 5.72. The van der Waals surface area contributed by atoms with Crippen LogP contribution < -0.4 is 10.3 Å². The van der Waals surface area contributed by atoms with Gasteiger partial charge in [-0.05, 0) is 42.4 Å². The van der Waals surface area contributed by atoms with Crippen LogP contribution >= 0.6 is 11.3 Å². The molecule has 0 bridgehead atoms. The van der Waals surface area contributed by atoms with Gasteiger partial charge in [-0.15, -0.1) is 0 Å². The number of aromatic nitrogens is 1. The molecule has 0 spiro atoms. The van der Waals surface area contributed by atoms with Gasteiger partial charge in [0.25, 0.3) is 0 Å². The molecule has 0 aliphatic heterocycles. The normalized spacial score (nSPS) is 11.0. The molecule has 14 heavy (non-hydrogen) atoms. The maximum Gasteiger partial charge on any atom is 0.332 e. The molecule has 0 unspecified atom stereocenters. The number of nitrogens with two attached hydrogens (primary N) is 1. The van der Waals surface area contributed by atoms with Crippen molar-refractivity contribution < 1.29 is 4.57 Å². The van der Waals surface area contributed by atoms with Crippen molar-refractivity contribution in [2.24, 2.45) is 0 Å². The highest BCUT2D eigenvalue weighted by atomic mass is 32.1. The Balaban J connectivity index is 2.64. The second-order valence-corrected chi connectivity index (χ2v) is 4.63. The Morgan fingerprint density at radius 3 is 2.93 bits per heavy atom. The van der Waals surface area contributed by atoms with Crippen molar-refractivity contribution in [2.75, 3.05) is 5.73 Å². The lowest BCUT2D eigenvalue weighted by Gasteiger charge is -1.96. The van der Waals surface area contributed by atoms with E-state index in [0.29, 0.717) is 0 Å². The van der Waals surface area contributed by atoms with E-state index in [4.69, 9.17) is 5.73 Å². The molecule has 2 N–H and O–H groups in total. The van der Waals surface area contributed by atoms with Gasteiger partial charge in [-0.25, -0.2) is 4.57 Å². The molecule has 0 saturated heterocycles. The van der Waals surface area contributed by atoms with E-state index in [9.17, 15) is 0 Å². The number of anilines is 1. The highest BCUT2D eigenvalue weighted by Crippen LogP contribution is 2.22. The van der Waals surface area contributed by atoms with E-state index in [1.807, 2.05) is 0 Å². The maximum absolute atomic E-state index is 5.97. The summed E-state index contributed by atoms with van der Waals surface area (Å²) in [5.74, 6) is 0. The third kappa shape index (κ3) is 1.48. The van der Waals surface area contributed by atoms with Crippen LogP contribution in [0.5, 0.6) is 0 Å². The third-order valence-corrected chi connectivity index (χ3v) is 3.31. The number of thiazole rings is 1.